The van der Waals surface area contributed by atoms with Gasteiger partial charge in [0.2, 0.25) is 0 Å². The summed E-state index contributed by atoms with van der Waals surface area (Å²) in [6.45, 7) is 0.753. The molecule has 0 bridgehead atoms. The van der Waals surface area contributed by atoms with E-state index in [1.165, 1.54) is 0 Å². The predicted octanol–water partition coefficient (Wildman–Crippen LogP) is 1.82. The van der Waals surface area contributed by atoms with Crippen molar-refractivity contribution in [2.24, 2.45) is 0 Å². The third kappa shape index (κ3) is 4.07. The van der Waals surface area contributed by atoms with Crippen LogP contribution in [0.4, 0.5) is 0 Å². The number of hydrogen-bond acceptors (Lipinski definition) is 3. The molecule has 0 aliphatic heterocycles. The van der Waals surface area contributed by atoms with Gasteiger partial charge in [0.25, 0.3) is 0 Å². The Kier molecular flexibility index (Phi) is 4.97. The third-order valence-corrected chi connectivity index (χ3v) is 2.68. The van der Waals surface area contributed by atoms with Crippen molar-refractivity contribution in [2.45, 2.75) is 12.3 Å². The number of rotatable bonds is 6. The monoisotopic (exact) mass is 237 g/mol. The van der Waals surface area contributed by atoms with Crippen LogP contribution in [0.3, 0.4) is 0 Å². The quantitative estimate of drug-likeness (QED) is 0.820. The zero-order valence-corrected chi connectivity index (χ0v) is 10.5. The maximum atomic E-state index is 11.2. The number of aliphatic carboxylic acids is 1. The fourth-order valence-electron chi connectivity index (χ4n) is 1.66. The van der Waals surface area contributed by atoms with E-state index in [1.807, 2.05) is 31.1 Å². The standard InChI is InChI=1S/C13H19NO3/c1-14(2)9-8-12(13(15)16)10-4-6-11(17-3)7-5-10/h4-7,12H,8-9H2,1-3H3,(H,15,16). The van der Waals surface area contributed by atoms with Crippen LogP contribution in [0.15, 0.2) is 24.3 Å². The van der Waals surface area contributed by atoms with Gasteiger partial charge in [0, 0.05) is 0 Å². The lowest BCUT2D eigenvalue weighted by atomic mass is 9.95. The van der Waals surface area contributed by atoms with Gasteiger partial charge in [-0.1, -0.05) is 12.1 Å². The first-order valence-corrected chi connectivity index (χ1v) is 5.56. The molecule has 1 atom stereocenters. The minimum atomic E-state index is -0.781. The van der Waals surface area contributed by atoms with Crippen LogP contribution in [0.25, 0.3) is 0 Å². The molecule has 0 saturated carbocycles. The Labute approximate surface area is 102 Å². The molecule has 94 valence electrons. The summed E-state index contributed by atoms with van der Waals surface area (Å²) in [7, 11) is 5.47. The van der Waals surface area contributed by atoms with Crippen LogP contribution in [-0.4, -0.2) is 43.7 Å². The van der Waals surface area contributed by atoms with Crippen molar-refractivity contribution in [3.05, 3.63) is 29.8 Å². The molecule has 4 nitrogen and oxygen atoms in total. The van der Waals surface area contributed by atoms with E-state index in [1.54, 1.807) is 19.2 Å². The number of carboxylic acids is 1. The van der Waals surface area contributed by atoms with Gasteiger partial charge in [0.05, 0.1) is 13.0 Å². The van der Waals surface area contributed by atoms with E-state index in [2.05, 4.69) is 0 Å². The van der Waals surface area contributed by atoms with Crippen LogP contribution < -0.4 is 4.74 Å². The van der Waals surface area contributed by atoms with Crippen molar-refractivity contribution in [1.29, 1.82) is 0 Å². The maximum absolute atomic E-state index is 11.2. The molecule has 0 aromatic heterocycles. The minimum absolute atomic E-state index is 0.455. The fraction of sp³-hybridized carbons (Fsp3) is 0.462. The average Bonchev–Trinajstić information content (AvgIpc) is 2.29. The topological polar surface area (TPSA) is 49.8 Å². The fourth-order valence-corrected chi connectivity index (χ4v) is 1.66. The summed E-state index contributed by atoms with van der Waals surface area (Å²) in [5, 5.41) is 9.22. The van der Waals surface area contributed by atoms with Crippen LogP contribution in [0.5, 0.6) is 5.75 Å². The molecule has 1 unspecified atom stereocenters. The SMILES string of the molecule is COc1ccc(C(CCN(C)C)C(=O)O)cc1. The Morgan fingerprint density at radius 2 is 1.94 bits per heavy atom. The molecule has 0 heterocycles. The summed E-state index contributed by atoms with van der Waals surface area (Å²) in [5.41, 5.74) is 0.820. The van der Waals surface area contributed by atoms with Gasteiger partial charge in [0.1, 0.15) is 5.75 Å². The number of carboxylic acid groups (broad SMARTS) is 1. The lowest BCUT2D eigenvalue weighted by molar-refractivity contribution is -0.139. The van der Waals surface area contributed by atoms with Gasteiger partial charge in [-0.15, -0.1) is 0 Å². The van der Waals surface area contributed by atoms with Crippen LogP contribution in [0.2, 0.25) is 0 Å². The number of methoxy groups -OCH3 is 1. The molecular weight excluding hydrogens is 218 g/mol. The average molecular weight is 237 g/mol. The first kappa shape index (κ1) is 13.5. The lowest BCUT2D eigenvalue weighted by Gasteiger charge is -2.16. The van der Waals surface area contributed by atoms with E-state index in [0.29, 0.717) is 6.42 Å². The van der Waals surface area contributed by atoms with Crippen molar-refractivity contribution in [2.75, 3.05) is 27.7 Å². The second-order valence-corrected chi connectivity index (χ2v) is 4.26. The van der Waals surface area contributed by atoms with E-state index in [0.717, 1.165) is 17.9 Å². The van der Waals surface area contributed by atoms with Crippen molar-refractivity contribution in [1.82, 2.24) is 4.90 Å². The van der Waals surface area contributed by atoms with Gasteiger partial charge >= 0.3 is 5.97 Å². The van der Waals surface area contributed by atoms with Gasteiger partial charge in [-0.3, -0.25) is 4.79 Å². The molecule has 0 radical (unpaired) electrons. The Morgan fingerprint density at radius 1 is 1.35 bits per heavy atom. The van der Waals surface area contributed by atoms with Gasteiger partial charge in [-0.2, -0.15) is 0 Å². The largest absolute Gasteiger partial charge is 0.497 e. The van der Waals surface area contributed by atoms with Gasteiger partial charge in [-0.25, -0.2) is 0 Å². The molecule has 1 rings (SSSR count). The zero-order chi connectivity index (χ0) is 12.8. The molecule has 0 saturated heterocycles. The molecule has 0 aliphatic rings. The molecule has 0 amide bonds. The number of ether oxygens (including phenoxy) is 1. The molecule has 0 aliphatic carbocycles. The minimum Gasteiger partial charge on any atom is -0.497 e. The van der Waals surface area contributed by atoms with Crippen LogP contribution in [-0.2, 0) is 4.79 Å². The second kappa shape index (κ2) is 6.25. The number of hydrogen-bond donors (Lipinski definition) is 1. The van der Waals surface area contributed by atoms with Gasteiger partial charge < -0.3 is 14.7 Å². The summed E-state index contributed by atoms with van der Waals surface area (Å²) >= 11 is 0. The number of carbonyl (C=O) groups is 1. The van der Waals surface area contributed by atoms with Gasteiger partial charge in [-0.05, 0) is 44.8 Å². The van der Waals surface area contributed by atoms with Crippen LogP contribution in [0.1, 0.15) is 17.9 Å². The van der Waals surface area contributed by atoms with Crippen molar-refractivity contribution in [3.63, 3.8) is 0 Å². The second-order valence-electron chi connectivity index (χ2n) is 4.26. The maximum Gasteiger partial charge on any atom is 0.311 e. The predicted molar refractivity (Wildman–Crippen MR) is 66.5 cm³/mol. The highest BCUT2D eigenvalue weighted by atomic mass is 16.5. The van der Waals surface area contributed by atoms with Crippen molar-refractivity contribution in [3.8, 4) is 5.75 Å². The van der Waals surface area contributed by atoms with E-state index >= 15 is 0 Å². The molecule has 0 fully saturated rings. The van der Waals surface area contributed by atoms with E-state index in [4.69, 9.17) is 4.74 Å². The Hall–Kier alpha value is -1.55. The highest BCUT2D eigenvalue weighted by Gasteiger charge is 2.19. The first-order chi connectivity index (χ1) is 8.04. The lowest BCUT2D eigenvalue weighted by Crippen LogP contribution is -2.20. The molecule has 1 N–H and O–H groups in total. The smallest absolute Gasteiger partial charge is 0.311 e. The van der Waals surface area contributed by atoms with Gasteiger partial charge in [0.15, 0.2) is 0 Å². The molecular formula is C13H19NO3. The zero-order valence-electron chi connectivity index (χ0n) is 10.5. The third-order valence-electron chi connectivity index (χ3n) is 2.68. The van der Waals surface area contributed by atoms with Crippen molar-refractivity contribution >= 4 is 5.97 Å². The first-order valence-electron chi connectivity index (χ1n) is 5.56. The Bertz CT molecular complexity index is 359. The summed E-state index contributed by atoms with van der Waals surface area (Å²) < 4.78 is 5.05. The van der Waals surface area contributed by atoms with Crippen LogP contribution >= 0.6 is 0 Å². The highest BCUT2D eigenvalue weighted by molar-refractivity contribution is 5.76. The van der Waals surface area contributed by atoms with Crippen LogP contribution in [0, 0.1) is 0 Å². The van der Waals surface area contributed by atoms with E-state index in [9.17, 15) is 9.90 Å². The Balaban J connectivity index is 2.78. The summed E-state index contributed by atoms with van der Waals surface area (Å²) in [6, 6.07) is 7.21. The number of benzene rings is 1. The highest BCUT2D eigenvalue weighted by Crippen LogP contribution is 2.22. The molecule has 4 heteroatoms. The molecule has 1 aromatic carbocycles. The molecule has 17 heavy (non-hydrogen) atoms. The van der Waals surface area contributed by atoms with E-state index < -0.39 is 11.9 Å². The summed E-state index contributed by atoms with van der Waals surface area (Å²) in [6.07, 6.45) is 0.606. The number of nitrogens with zero attached hydrogens (tertiary/aromatic N) is 1. The van der Waals surface area contributed by atoms with Crippen molar-refractivity contribution < 1.29 is 14.6 Å². The Morgan fingerprint density at radius 3 is 2.35 bits per heavy atom. The molecule has 1 aromatic rings. The summed E-state index contributed by atoms with van der Waals surface area (Å²) in [4.78, 5) is 13.2. The normalized spacial score (nSPS) is 12.5. The molecule has 0 spiro atoms. The summed E-state index contributed by atoms with van der Waals surface area (Å²) in [5.74, 6) is -0.495. The van der Waals surface area contributed by atoms with E-state index in [-0.39, 0.29) is 0 Å².